The Balaban J connectivity index is 1.87. The van der Waals surface area contributed by atoms with Crippen LogP contribution in [0.15, 0.2) is 18.6 Å². The second kappa shape index (κ2) is 5.47. The second-order valence-corrected chi connectivity index (χ2v) is 4.16. The molecule has 2 rings (SSSR count). The smallest absolute Gasteiger partial charge is 0.404 e. The molecule has 0 bridgehead atoms. The van der Waals surface area contributed by atoms with Gasteiger partial charge < -0.3 is 15.8 Å². The van der Waals surface area contributed by atoms with Crippen molar-refractivity contribution in [1.82, 2.24) is 9.97 Å². The molecule has 0 saturated heterocycles. The highest BCUT2D eigenvalue weighted by atomic mass is 16.6. The highest BCUT2D eigenvalue weighted by Gasteiger charge is 2.24. The van der Waals surface area contributed by atoms with Crippen LogP contribution in [0.2, 0.25) is 0 Å². The summed E-state index contributed by atoms with van der Waals surface area (Å²) in [7, 11) is 0. The third-order valence-electron chi connectivity index (χ3n) is 2.82. The summed E-state index contributed by atoms with van der Waals surface area (Å²) >= 11 is 0. The number of hydrogen-bond donors (Lipinski definition) is 2. The molecule has 1 aliphatic carbocycles. The van der Waals surface area contributed by atoms with Crippen molar-refractivity contribution in [2.75, 3.05) is 5.32 Å². The highest BCUT2D eigenvalue weighted by Crippen LogP contribution is 2.23. The Hall–Kier alpha value is -1.85. The molecule has 0 radical (unpaired) electrons. The van der Waals surface area contributed by atoms with Crippen molar-refractivity contribution in [3.8, 4) is 0 Å². The zero-order chi connectivity index (χ0) is 12.1. The van der Waals surface area contributed by atoms with Gasteiger partial charge in [-0.2, -0.15) is 0 Å². The minimum Gasteiger partial charge on any atom is -0.446 e. The SMILES string of the molecule is NC(=O)O[C@H]1CCC[C@@H](Nc2cnccn2)C1. The summed E-state index contributed by atoms with van der Waals surface area (Å²) in [6.45, 7) is 0. The molecule has 1 amide bonds. The van der Waals surface area contributed by atoms with Crippen LogP contribution in [0.5, 0.6) is 0 Å². The fraction of sp³-hybridized carbons (Fsp3) is 0.545. The standard InChI is InChI=1S/C11H16N4O2/c12-11(16)17-9-3-1-2-8(6-9)15-10-7-13-4-5-14-10/h4-5,7-9H,1-3,6H2,(H2,12,16)(H,14,15)/t8-,9+/m1/s1. The van der Waals surface area contributed by atoms with Gasteiger partial charge in [-0.3, -0.25) is 4.98 Å². The summed E-state index contributed by atoms with van der Waals surface area (Å²) in [6, 6.07) is 0.254. The van der Waals surface area contributed by atoms with Gasteiger partial charge in [0.2, 0.25) is 0 Å². The van der Waals surface area contributed by atoms with E-state index in [1.54, 1.807) is 18.6 Å². The lowest BCUT2D eigenvalue weighted by molar-refractivity contribution is 0.0796. The van der Waals surface area contributed by atoms with E-state index in [-0.39, 0.29) is 12.1 Å². The lowest BCUT2D eigenvalue weighted by Crippen LogP contribution is -2.34. The minimum atomic E-state index is -0.699. The number of amides is 1. The largest absolute Gasteiger partial charge is 0.446 e. The van der Waals surface area contributed by atoms with Gasteiger partial charge in [-0.25, -0.2) is 9.78 Å². The third-order valence-corrected chi connectivity index (χ3v) is 2.82. The average Bonchev–Trinajstić information content (AvgIpc) is 2.30. The molecule has 92 valence electrons. The molecule has 17 heavy (non-hydrogen) atoms. The molecule has 1 heterocycles. The summed E-state index contributed by atoms with van der Waals surface area (Å²) in [5.41, 5.74) is 5.02. The van der Waals surface area contributed by atoms with Crippen molar-refractivity contribution in [2.45, 2.75) is 37.8 Å². The number of nitrogens with one attached hydrogen (secondary N) is 1. The number of nitrogens with zero attached hydrogens (tertiary/aromatic N) is 2. The van der Waals surface area contributed by atoms with E-state index < -0.39 is 6.09 Å². The Bertz CT molecular complexity index is 371. The van der Waals surface area contributed by atoms with Gasteiger partial charge >= 0.3 is 6.09 Å². The maximum absolute atomic E-state index is 10.7. The van der Waals surface area contributed by atoms with Crippen LogP contribution in [-0.2, 0) is 4.74 Å². The first-order valence-corrected chi connectivity index (χ1v) is 5.72. The first-order valence-electron chi connectivity index (χ1n) is 5.72. The normalized spacial score (nSPS) is 24.0. The van der Waals surface area contributed by atoms with Crippen molar-refractivity contribution in [3.63, 3.8) is 0 Å². The molecule has 1 fully saturated rings. The molecule has 0 aromatic carbocycles. The lowest BCUT2D eigenvalue weighted by atomic mass is 9.93. The number of ether oxygens (including phenoxy) is 1. The monoisotopic (exact) mass is 236 g/mol. The predicted octanol–water partition coefficient (Wildman–Crippen LogP) is 1.30. The molecule has 6 nitrogen and oxygen atoms in total. The van der Waals surface area contributed by atoms with Gasteiger partial charge in [0, 0.05) is 24.9 Å². The van der Waals surface area contributed by atoms with Crippen LogP contribution >= 0.6 is 0 Å². The van der Waals surface area contributed by atoms with Gasteiger partial charge in [0.05, 0.1) is 6.20 Å². The number of anilines is 1. The van der Waals surface area contributed by atoms with Crippen LogP contribution in [0.25, 0.3) is 0 Å². The van der Waals surface area contributed by atoms with Crippen LogP contribution in [-0.4, -0.2) is 28.2 Å². The molecule has 1 aromatic heterocycles. The zero-order valence-electron chi connectivity index (χ0n) is 9.50. The van der Waals surface area contributed by atoms with E-state index in [1.165, 1.54) is 0 Å². The van der Waals surface area contributed by atoms with E-state index >= 15 is 0 Å². The summed E-state index contributed by atoms with van der Waals surface area (Å²) in [5.74, 6) is 0.747. The van der Waals surface area contributed by atoms with Crippen molar-refractivity contribution >= 4 is 11.9 Å². The van der Waals surface area contributed by atoms with Gasteiger partial charge in [0.1, 0.15) is 11.9 Å². The van der Waals surface area contributed by atoms with Crippen molar-refractivity contribution < 1.29 is 9.53 Å². The number of rotatable bonds is 3. The molecule has 0 aliphatic heterocycles. The molecule has 6 heteroatoms. The van der Waals surface area contributed by atoms with Crippen LogP contribution in [0.3, 0.4) is 0 Å². The topological polar surface area (TPSA) is 90.1 Å². The van der Waals surface area contributed by atoms with Gasteiger partial charge in [-0.15, -0.1) is 0 Å². The fourth-order valence-electron chi connectivity index (χ4n) is 2.13. The minimum absolute atomic E-state index is 0.0876. The zero-order valence-corrected chi connectivity index (χ0v) is 9.50. The number of hydrogen-bond acceptors (Lipinski definition) is 5. The Kier molecular flexibility index (Phi) is 3.74. The lowest BCUT2D eigenvalue weighted by Gasteiger charge is -2.29. The van der Waals surface area contributed by atoms with Crippen molar-refractivity contribution in [2.24, 2.45) is 5.73 Å². The maximum atomic E-state index is 10.7. The van der Waals surface area contributed by atoms with Gasteiger partial charge in [0.25, 0.3) is 0 Å². The third kappa shape index (κ3) is 3.58. The summed E-state index contributed by atoms with van der Waals surface area (Å²) < 4.78 is 5.02. The van der Waals surface area contributed by atoms with Crippen LogP contribution < -0.4 is 11.1 Å². The number of aromatic nitrogens is 2. The second-order valence-electron chi connectivity index (χ2n) is 4.16. The fourth-order valence-corrected chi connectivity index (χ4v) is 2.13. The summed E-state index contributed by atoms with van der Waals surface area (Å²) in [5, 5.41) is 3.28. The average molecular weight is 236 g/mol. The Morgan fingerprint density at radius 1 is 1.47 bits per heavy atom. The Morgan fingerprint density at radius 3 is 3.06 bits per heavy atom. The van der Waals surface area contributed by atoms with Crippen molar-refractivity contribution in [1.29, 1.82) is 0 Å². The van der Waals surface area contributed by atoms with Crippen LogP contribution in [0, 0.1) is 0 Å². The first kappa shape index (κ1) is 11.6. The van der Waals surface area contributed by atoms with E-state index in [0.717, 1.165) is 31.5 Å². The molecule has 3 N–H and O–H groups in total. The van der Waals surface area contributed by atoms with Crippen LogP contribution in [0.1, 0.15) is 25.7 Å². The van der Waals surface area contributed by atoms with Crippen LogP contribution in [0.4, 0.5) is 10.6 Å². The number of carbonyl (C=O) groups excluding carboxylic acids is 1. The van der Waals surface area contributed by atoms with Gasteiger partial charge in [-0.05, 0) is 19.3 Å². The Labute approximate surface area is 99.6 Å². The molecule has 2 atom stereocenters. The molecule has 0 spiro atoms. The van der Waals surface area contributed by atoms with E-state index in [1.807, 2.05) is 0 Å². The number of carbonyl (C=O) groups is 1. The van der Waals surface area contributed by atoms with Gasteiger partial charge in [0.15, 0.2) is 0 Å². The molecule has 1 aliphatic rings. The molecular weight excluding hydrogens is 220 g/mol. The number of primary amides is 1. The summed E-state index contributed by atoms with van der Waals surface area (Å²) in [6.07, 6.45) is 7.85. The van der Waals surface area contributed by atoms with E-state index in [0.29, 0.717) is 0 Å². The molecule has 0 unspecified atom stereocenters. The summed E-state index contributed by atoms with van der Waals surface area (Å²) in [4.78, 5) is 18.8. The molecule has 1 saturated carbocycles. The van der Waals surface area contributed by atoms with E-state index in [9.17, 15) is 4.79 Å². The Morgan fingerprint density at radius 2 is 2.35 bits per heavy atom. The number of nitrogens with two attached hydrogens (primary N) is 1. The quantitative estimate of drug-likeness (QED) is 0.825. The van der Waals surface area contributed by atoms with E-state index in [2.05, 4.69) is 15.3 Å². The first-order chi connectivity index (χ1) is 8.24. The molecular formula is C11H16N4O2. The van der Waals surface area contributed by atoms with E-state index in [4.69, 9.17) is 10.5 Å². The maximum Gasteiger partial charge on any atom is 0.404 e. The predicted molar refractivity (Wildman–Crippen MR) is 62.4 cm³/mol. The van der Waals surface area contributed by atoms with Crippen molar-refractivity contribution in [3.05, 3.63) is 18.6 Å². The molecule has 1 aromatic rings. The van der Waals surface area contributed by atoms with Gasteiger partial charge in [-0.1, -0.05) is 0 Å². The highest BCUT2D eigenvalue weighted by molar-refractivity contribution is 5.64.